The molecule has 0 spiro atoms. The van der Waals surface area contributed by atoms with Gasteiger partial charge in [0.15, 0.2) is 0 Å². The maximum absolute atomic E-state index is 12.6. The molecule has 0 radical (unpaired) electrons. The van der Waals surface area contributed by atoms with Crippen molar-refractivity contribution in [1.29, 1.82) is 0 Å². The zero-order chi connectivity index (χ0) is 14.9. The van der Waals surface area contributed by atoms with E-state index in [1.807, 2.05) is 0 Å². The van der Waals surface area contributed by atoms with Crippen LogP contribution in [0.25, 0.3) is 0 Å². The third-order valence-corrected chi connectivity index (χ3v) is 7.11. The first-order valence-electron chi connectivity index (χ1n) is 7.24. The third-order valence-electron chi connectivity index (χ3n) is 4.69. The van der Waals surface area contributed by atoms with Crippen molar-refractivity contribution in [3.8, 4) is 0 Å². The molecule has 0 aromatic rings. The summed E-state index contributed by atoms with van der Waals surface area (Å²) in [4.78, 5) is 11.2. The second kappa shape index (κ2) is 5.99. The number of hydrogen-bond donors (Lipinski definition) is 2. The lowest BCUT2D eigenvalue weighted by molar-refractivity contribution is -0.141. The highest BCUT2D eigenvalue weighted by Crippen LogP contribution is 2.34. The average molecular weight is 305 g/mol. The minimum Gasteiger partial charge on any atom is -0.481 e. The number of nitrogens with zero attached hydrogens (tertiary/aromatic N) is 1. The highest BCUT2D eigenvalue weighted by Gasteiger charge is 2.45. The van der Waals surface area contributed by atoms with E-state index in [1.165, 1.54) is 4.31 Å². The normalized spacial score (nSPS) is 31.3. The van der Waals surface area contributed by atoms with Crippen LogP contribution >= 0.6 is 0 Å². The van der Waals surface area contributed by atoms with Gasteiger partial charge in [0.05, 0.1) is 17.3 Å². The lowest BCUT2D eigenvalue weighted by atomic mass is 9.93. The van der Waals surface area contributed by atoms with E-state index in [0.717, 1.165) is 0 Å². The molecule has 1 aliphatic heterocycles. The van der Waals surface area contributed by atoms with Crippen molar-refractivity contribution in [3.05, 3.63) is 0 Å². The van der Waals surface area contributed by atoms with Gasteiger partial charge in [-0.15, -0.1) is 0 Å². The van der Waals surface area contributed by atoms with E-state index < -0.39 is 33.3 Å². The molecule has 20 heavy (non-hydrogen) atoms. The topological polar surface area (TPSA) is 94.9 Å². The molecule has 1 heterocycles. The molecule has 1 saturated heterocycles. The monoisotopic (exact) mass is 305 g/mol. The van der Waals surface area contributed by atoms with Crippen molar-refractivity contribution in [1.82, 2.24) is 4.31 Å². The van der Waals surface area contributed by atoms with Gasteiger partial charge in [-0.25, -0.2) is 12.7 Å². The summed E-state index contributed by atoms with van der Waals surface area (Å²) in [5, 5.41) is 17.9. The lowest BCUT2D eigenvalue weighted by Crippen LogP contribution is -2.46. The maximum atomic E-state index is 12.6. The third kappa shape index (κ3) is 2.99. The molecular weight excluding hydrogens is 282 g/mol. The largest absolute Gasteiger partial charge is 0.481 e. The number of rotatable bonds is 4. The number of aliphatic hydroxyl groups excluding tert-OH is 1. The molecule has 1 saturated carbocycles. The van der Waals surface area contributed by atoms with E-state index in [2.05, 4.69) is 0 Å². The van der Waals surface area contributed by atoms with Crippen molar-refractivity contribution in [2.45, 2.75) is 50.4 Å². The van der Waals surface area contributed by atoms with Crippen molar-refractivity contribution in [2.24, 2.45) is 11.8 Å². The lowest BCUT2D eigenvalue weighted by Gasteiger charge is -2.34. The number of sulfonamides is 1. The van der Waals surface area contributed by atoms with Gasteiger partial charge in [0.1, 0.15) is 0 Å². The molecule has 0 aromatic heterocycles. The first kappa shape index (κ1) is 15.7. The zero-order valence-electron chi connectivity index (χ0n) is 11.7. The molecule has 0 aromatic carbocycles. The van der Waals surface area contributed by atoms with Gasteiger partial charge in [-0.05, 0) is 38.5 Å². The van der Waals surface area contributed by atoms with Crippen LogP contribution in [0.1, 0.15) is 39.0 Å². The Morgan fingerprint density at radius 2 is 1.80 bits per heavy atom. The summed E-state index contributed by atoms with van der Waals surface area (Å²) in [6, 6.07) is 0. The molecule has 116 valence electrons. The zero-order valence-corrected chi connectivity index (χ0v) is 12.6. The molecule has 1 aliphatic carbocycles. The van der Waals surface area contributed by atoms with Gasteiger partial charge in [-0.1, -0.05) is 6.42 Å². The van der Waals surface area contributed by atoms with Crippen LogP contribution < -0.4 is 0 Å². The molecule has 2 aliphatic rings. The fraction of sp³-hybridized carbons (Fsp3) is 0.923. The fourth-order valence-corrected chi connectivity index (χ4v) is 5.60. The van der Waals surface area contributed by atoms with Gasteiger partial charge in [-0.2, -0.15) is 0 Å². The fourth-order valence-electron chi connectivity index (χ4n) is 3.37. The number of carboxylic acid groups (broad SMARTS) is 1. The Hall–Kier alpha value is -0.660. The highest BCUT2D eigenvalue weighted by atomic mass is 32.2. The minimum atomic E-state index is -3.53. The first-order valence-corrected chi connectivity index (χ1v) is 8.74. The summed E-state index contributed by atoms with van der Waals surface area (Å²) < 4.78 is 26.6. The molecular formula is C13H23NO5S. The van der Waals surface area contributed by atoms with Crippen LogP contribution in [0.4, 0.5) is 0 Å². The van der Waals surface area contributed by atoms with Gasteiger partial charge in [-0.3, -0.25) is 4.79 Å². The second-order valence-corrected chi connectivity index (χ2v) is 8.09. The van der Waals surface area contributed by atoms with Crippen LogP contribution in [-0.2, 0) is 14.8 Å². The Morgan fingerprint density at radius 1 is 1.20 bits per heavy atom. The summed E-state index contributed by atoms with van der Waals surface area (Å²) in [5.74, 6) is -1.63. The van der Waals surface area contributed by atoms with E-state index >= 15 is 0 Å². The van der Waals surface area contributed by atoms with E-state index in [-0.39, 0.29) is 5.92 Å². The van der Waals surface area contributed by atoms with Gasteiger partial charge in [0.25, 0.3) is 0 Å². The summed E-state index contributed by atoms with van der Waals surface area (Å²) >= 11 is 0. The summed E-state index contributed by atoms with van der Waals surface area (Å²) in [6.07, 6.45) is 2.41. The van der Waals surface area contributed by atoms with E-state index in [1.54, 1.807) is 6.92 Å². The standard InChI is InChI=1S/C13H23NO5S/c1-9(15)10-5-7-14(8-6-10)20(18,19)12-4-2-3-11(12)13(16)17/h9-12,15H,2-8H2,1H3,(H,16,17). The molecule has 0 amide bonds. The van der Waals surface area contributed by atoms with E-state index in [9.17, 15) is 18.3 Å². The number of carboxylic acids is 1. The minimum absolute atomic E-state index is 0.139. The molecule has 2 N–H and O–H groups in total. The summed E-state index contributed by atoms with van der Waals surface area (Å²) in [5.41, 5.74) is 0. The van der Waals surface area contributed by atoms with E-state index in [0.29, 0.717) is 45.2 Å². The number of aliphatic carboxylic acids is 1. The van der Waals surface area contributed by atoms with Gasteiger partial charge in [0, 0.05) is 13.1 Å². The van der Waals surface area contributed by atoms with Crippen molar-refractivity contribution in [2.75, 3.05) is 13.1 Å². The van der Waals surface area contributed by atoms with Crippen molar-refractivity contribution < 1.29 is 23.4 Å². The van der Waals surface area contributed by atoms with Crippen LogP contribution in [0.5, 0.6) is 0 Å². The maximum Gasteiger partial charge on any atom is 0.307 e. The molecule has 7 heteroatoms. The van der Waals surface area contributed by atoms with Crippen molar-refractivity contribution >= 4 is 16.0 Å². The number of aliphatic hydroxyl groups is 1. The Bertz CT molecular complexity index is 453. The van der Waals surface area contributed by atoms with Gasteiger partial charge >= 0.3 is 5.97 Å². The Labute approximate surface area is 119 Å². The Morgan fingerprint density at radius 3 is 2.30 bits per heavy atom. The van der Waals surface area contributed by atoms with Crippen LogP contribution in [-0.4, -0.2) is 53.3 Å². The smallest absolute Gasteiger partial charge is 0.307 e. The number of carbonyl (C=O) groups is 1. The predicted molar refractivity (Wildman–Crippen MR) is 73.7 cm³/mol. The predicted octanol–water partition coefficient (Wildman–Crippen LogP) is 0.662. The van der Waals surface area contributed by atoms with E-state index in [4.69, 9.17) is 5.11 Å². The highest BCUT2D eigenvalue weighted by molar-refractivity contribution is 7.89. The first-order chi connectivity index (χ1) is 9.34. The van der Waals surface area contributed by atoms with Crippen LogP contribution in [0.15, 0.2) is 0 Å². The van der Waals surface area contributed by atoms with Gasteiger partial charge in [0.2, 0.25) is 10.0 Å². The summed E-state index contributed by atoms with van der Waals surface area (Å²) in [7, 11) is -3.53. The van der Waals surface area contributed by atoms with Crippen molar-refractivity contribution in [3.63, 3.8) is 0 Å². The van der Waals surface area contributed by atoms with Gasteiger partial charge < -0.3 is 10.2 Å². The number of hydrogen-bond acceptors (Lipinski definition) is 4. The molecule has 0 bridgehead atoms. The SMILES string of the molecule is CC(O)C1CCN(S(=O)(=O)C2CCCC2C(=O)O)CC1. The van der Waals surface area contributed by atoms with Crippen LogP contribution in [0, 0.1) is 11.8 Å². The Kier molecular flexibility index (Phi) is 4.71. The number of piperidine rings is 1. The molecule has 3 unspecified atom stereocenters. The molecule has 6 nitrogen and oxygen atoms in total. The molecule has 2 fully saturated rings. The molecule has 2 rings (SSSR count). The average Bonchev–Trinajstić information content (AvgIpc) is 2.89. The van der Waals surface area contributed by atoms with Crippen LogP contribution in [0.3, 0.4) is 0 Å². The quantitative estimate of drug-likeness (QED) is 0.795. The van der Waals surface area contributed by atoms with Crippen LogP contribution in [0.2, 0.25) is 0 Å². The Balaban J connectivity index is 2.06. The summed E-state index contributed by atoms with van der Waals surface area (Å²) in [6.45, 7) is 2.51. The molecule has 3 atom stereocenters. The second-order valence-electron chi connectivity index (χ2n) is 5.94.